The normalized spacial score (nSPS) is 11.5. The number of ketones is 1. The average Bonchev–Trinajstić information content (AvgIpc) is 3.66. The van der Waals surface area contributed by atoms with Crippen molar-refractivity contribution in [1.29, 1.82) is 0 Å². The Bertz CT molecular complexity index is 2250. The van der Waals surface area contributed by atoms with Gasteiger partial charge in [-0.15, -0.1) is 11.3 Å². The Balaban J connectivity index is 0.000000237. The summed E-state index contributed by atoms with van der Waals surface area (Å²) in [6.45, 7) is 11.5. The van der Waals surface area contributed by atoms with E-state index in [2.05, 4.69) is 20.9 Å². The van der Waals surface area contributed by atoms with Crippen molar-refractivity contribution >= 4 is 53.3 Å². The number of ether oxygens (including phenoxy) is 2. The van der Waals surface area contributed by atoms with Crippen LogP contribution in [0.4, 0.5) is 0 Å². The van der Waals surface area contributed by atoms with E-state index < -0.39 is 20.2 Å². The molecule has 53 heavy (non-hydrogen) atoms. The van der Waals surface area contributed by atoms with E-state index in [-0.39, 0.29) is 49.8 Å². The number of thiazole rings is 1. The molecule has 0 aliphatic carbocycles. The molecule has 0 atom stereocenters. The molecule has 5 aromatic rings. The Morgan fingerprint density at radius 1 is 0.698 bits per heavy atom. The number of carbonyl (C=O) groups excluding carboxylic acids is 1. The number of aryl methyl sites for hydroxylation is 2. The molecule has 0 spiro atoms. The quantitative estimate of drug-likeness (QED) is 0.0641. The first-order valence-electron chi connectivity index (χ1n) is 16.4. The molecule has 0 unspecified atom stereocenters. The van der Waals surface area contributed by atoms with Gasteiger partial charge >= 0.3 is 20.2 Å². The molecule has 0 N–H and O–H groups in total. The molecule has 14 heteroatoms. The molecule has 5 rings (SSSR count). The fraction of sp³-hybridized carbons (Fsp3) is 0.282. The van der Waals surface area contributed by atoms with Crippen molar-refractivity contribution in [3.8, 4) is 34.3 Å². The molecule has 1 heterocycles. The van der Waals surface area contributed by atoms with Gasteiger partial charge in [0.05, 0.1) is 36.3 Å². The zero-order valence-electron chi connectivity index (χ0n) is 30.7. The van der Waals surface area contributed by atoms with Gasteiger partial charge in [-0.2, -0.15) is 16.8 Å². The SMILES string of the molecule is COc1cc(C(C)C)c(OS(=O)(=O)c2ccc(C)cc2)cc1-c1cscn1.COc1cc(C(C)C)c(OS(=O)(=O)c2ccc(C)cc2)cc1C(=O)CBr. The van der Waals surface area contributed by atoms with Crippen LogP contribution in [-0.4, -0.2) is 47.2 Å². The summed E-state index contributed by atoms with van der Waals surface area (Å²) in [4.78, 5) is 16.7. The van der Waals surface area contributed by atoms with Gasteiger partial charge in [0.15, 0.2) is 5.78 Å². The van der Waals surface area contributed by atoms with Crippen molar-refractivity contribution in [2.45, 2.75) is 63.2 Å². The van der Waals surface area contributed by atoms with Crippen LogP contribution in [0.15, 0.2) is 93.5 Å². The van der Waals surface area contributed by atoms with Gasteiger partial charge in [-0.05, 0) is 74.2 Å². The van der Waals surface area contributed by atoms with Crippen LogP contribution in [0, 0.1) is 13.8 Å². The third-order valence-electron chi connectivity index (χ3n) is 8.06. The highest BCUT2D eigenvalue weighted by Crippen LogP contribution is 2.40. The first kappa shape index (κ1) is 41.5. The van der Waals surface area contributed by atoms with Gasteiger partial charge in [-0.3, -0.25) is 4.79 Å². The highest BCUT2D eigenvalue weighted by atomic mass is 79.9. The number of nitrogens with zero attached hydrogens (tertiary/aromatic N) is 1. The van der Waals surface area contributed by atoms with E-state index in [4.69, 9.17) is 17.8 Å². The lowest BCUT2D eigenvalue weighted by atomic mass is 9.98. The molecule has 10 nitrogen and oxygen atoms in total. The summed E-state index contributed by atoms with van der Waals surface area (Å²) < 4.78 is 72.6. The molecule has 4 aromatic carbocycles. The number of benzene rings is 4. The molecule has 1 aromatic heterocycles. The van der Waals surface area contributed by atoms with E-state index in [9.17, 15) is 21.6 Å². The topological polar surface area (TPSA) is 135 Å². The third-order valence-corrected chi connectivity index (χ3v) is 11.6. The van der Waals surface area contributed by atoms with E-state index in [1.165, 1.54) is 36.6 Å². The fourth-order valence-electron chi connectivity index (χ4n) is 5.11. The first-order valence-corrected chi connectivity index (χ1v) is 21.3. The summed E-state index contributed by atoms with van der Waals surface area (Å²) in [7, 11) is -4.92. The summed E-state index contributed by atoms with van der Waals surface area (Å²) in [6, 6.07) is 19.6. The van der Waals surface area contributed by atoms with Gasteiger partial charge in [-0.25, -0.2) is 4.98 Å². The van der Waals surface area contributed by atoms with Gasteiger partial charge < -0.3 is 17.8 Å². The summed E-state index contributed by atoms with van der Waals surface area (Å²) in [5.41, 5.74) is 6.71. The standard InChI is InChI=1S/C20H21NO4S2.C19H21BrO5S/c1-13(2)16-9-19(24-4)17(18-11-26-12-21-18)10-20(16)25-27(22,23)15-7-5-14(3)6-8-15;1-12(2)15-9-18(24-4)16(17(21)11-20)10-19(15)25-26(22,23)14-7-5-13(3)6-8-14/h5-13H,1-4H3;5-10,12H,11H2,1-4H3. The smallest absolute Gasteiger partial charge is 0.339 e. The van der Waals surface area contributed by atoms with Crippen LogP contribution in [0.2, 0.25) is 0 Å². The summed E-state index contributed by atoms with van der Waals surface area (Å²) in [6.07, 6.45) is 0. The van der Waals surface area contributed by atoms with Crippen molar-refractivity contribution < 1.29 is 39.5 Å². The minimum atomic E-state index is -4.02. The summed E-state index contributed by atoms with van der Waals surface area (Å²) >= 11 is 4.58. The molecular weight excluding hydrogens is 803 g/mol. The van der Waals surface area contributed by atoms with Gasteiger partial charge in [0.1, 0.15) is 32.8 Å². The molecule has 0 saturated carbocycles. The predicted octanol–water partition coefficient (Wildman–Crippen LogP) is 9.49. The molecule has 0 fully saturated rings. The van der Waals surface area contributed by atoms with Gasteiger partial charge in [0.25, 0.3) is 0 Å². The number of hydrogen-bond acceptors (Lipinski definition) is 11. The minimum Gasteiger partial charge on any atom is -0.496 e. The molecule has 0 aliphatic rings. The van der Waals surface area contributed by atoms with Gasteiger partial charge in [-0.1, -0.05) is 79.0 Å². The Hall–Kier alpha value is -4.24. The number of alkyl halides is 1. The molecule has 0 bridgehead atoms. The molecular formula is C39H42BrNO9S3. The maximum Gasteiger partial charge on any atom is 0.339 e. The predicted molar refractivity (Wildman–Crippen MR) is 211 cm³/mol. The van der Waals surface area contributed by atoms with Crippen LogP contribution >= 0.6 is 27.3 Å². The lowest BCUT2D eigenvalue weighted by molar-refractivity contribution is 0.102. The average molecular weight is 845 g/mol. The van der Waals surface area contributed by atoms with Crippen LogP contribution in [0.3, 0.4) is 0 Å². The Morgan fingerprint density at radius 3 is 1.55 bits per heavy atom. The number of aromatic nitrogens is 1. The fourth-order valence-corrected chi connectivity index (χ4v) is 7.86. The van der Waals surface area contributed by atoms with Crippen LogP contribution < -0.4 is 17.8 Å². The van der Waals surface area contributed by atoms with Gasteiger partial charge in [0.2, 0.25) is 0 Å². The number of Topliss-reactive ketones (excluding diaryl/α,β-unsaturated/α-hetero) is 1. The van der Waals surface area contributed by atoms with Gasteiger partial charge in [0, 0.05) is 22.1 Å². The molecule has 0 saturated heterocycles. The number of carbonyl (C=O) groups is 1. The van der Waals surface area contributed by atoms with E-state index in [1.807, 2.05) is 53.0 Å². The second kappa shape index (κ2) is 17.7. The van der Waals surface area contributed by atoms with Crippen LogP contribution in [0.5, 0.6) is 23.0 Å². The van der Waals surface area contributed by atoms with Crippen LogP contribution in [0.1, 0.15) is 72.1 Å². The Labute approximate surface area is 324 Å². The zero-order chi connectivity index (χ0) is 39.1. The van der Waals surface area contributed by atoms with Crippen molar-refractivity contribution in [2.75, 3.05) is 19.5 Å². The second-order valence-corrected chi connectivity index (χ2v) is 17.0. The van der Waals surface area contributed by atoms with Crippen molar-refractivity contribution in [1.82, 2.24) is 4.98 Å². The number of methoxy groups -OCH3 is 2. The lowest BCUT2D eigenvalue weighted by Gasteiger charge is -2.17. The number of hydrogen-bond donors (Lipinski definition) is 0. The van der Waals surface area contributed by atoms with Crippen molar-refractivity contribution in [3.63, 3.8) is 0 Å². The van der Waals surface area contributed by atoms with Crippen LogP contribution in [-0.2, 0) is 20.2 Å². The largest absolute Gasteiger partial charge is 0.496 e. The van der Waals surface area contributed by atoms with E-state index in [0.717, 1.165) is 16.7 Å². The maximum absolute atomic E-state index is 12.8. The summed E-state index contributed by atoms with van der Waals surface area (Å²) in [5, 5.41) is 1.97. The Kier molecular flexibility index (Phi) is 13.9. The third kappa shape index (κ3) is 10.3. The minimum absolute atomic E-state index is 0.0276. The maximum atomic E-state index is 12.8. The monoisotopic (exact) mass is 843 g/mol. The number of rotatable bonds is 13. The Morgan fingerprint density at radius 2 is 1.15 bits per heavy atom. The highest BCUT2D eigenvalue weighted by Gasteiger charge is 2.25. The molecule has 0 amide bonds. The first-order chi connectivity index (χ1) is 25.0. The molecule has 282 valence electrons. The molecule has 0 aliphatic heterocycles. The summed E-state index contributed by atoms with van der Waals surface area (Å²) in [5.74, 6) is 1.23. The van der Waals surface area contributed by atoms with E-state index in [0.29, 0.717) is 28.3 Å². The second-order valence-electron chi connectivity index (χ2n) is 12.6. The number of halogens is 1. The highest BCUT2D eigenvalue weighted by molar-refractivity contribution is 9.09. The van der Waals surface area contributed by atoms with E-state index in [1.54, 1.807) is 61.2 Å². The van der Waals surface area contributed by atoms with Crippen molar-refractivity contribution in [3.05, 3.63) is 112 Å². The zero-order valence-corrected chi connectivity index (χ0v) is 34.7. The molecule has 0 radical (unpaired) electrons. The van der Waals surface area contributed by atoms with Crippen LogP contribution in [0.25, 0.3) is 11.3 Å². The lowest BCUT2D eigenvalue weighted by Crippen LogP contribution is -2.13. The van der Waals surface area contributed by atoms with Crippen molar-refractivity contribution in [2.24, 2.45) is 0 Å². The van der Waals surface area contributed by atoms with E-state index >= 15 is 0 Å².